The smallest absolute Gasteiger partial charge is 0.278 e. The van der Waals surface area contributed by atoms with Crippen LogP contribution in [0.2, 0.25) is 0 Å². The molecule has 1 amide bonds. The highest BCUT2D eigenvalue weighted by Crippen LogP contribution is 2.31. The van der Waals surface area contributed by atoms with Gasteiger partial charge in [-0.05, 0) is 41.5 Å². The average molecular weight is 450 g/mol. The minimum Gasteiger partial charge on any atom is -0.293 e. The average Bonchev–Trinajstić information content (AvgIpc) is 3.12. The number of amides is 1. The van der Waals surface area contributed by atoms with Crippen molar-refractivity contribution in [3.05, 3.63) is 132 Å². The molecule has 0 N–H and O–H groups in total. The number of carbonyl (C=O) groups is 1. The SMILES string of the molecule is O=C1C(=Nc2ccc(F)cc2)c2ccccc2N1CN(Cc1ccccc1)Cc1ccccc1. The fraction of sp³-hybridized carbons (Fsp3) is 0.103. The normalized spacial score (nSPS) is 14.1. The first-order valence-corrected chi connectivity index (χ1v) is 11.2. The molecule has 0 atom stereocenters. The molecule has 0 bridgehead atoms. The lowest BCUT2D eigenvalue weighted by Crippen LogP contribution is -2.40. The molecule has 0 fully saturated rings. The van der Waals surface area contributed by atoms with Gasteiger partial charge in [0.25, 0.3) is 5.91 Å². The monoisotopic (exact) mass is 449 g/mol. The number of rotatable bonds is 7. The Balaban J connectivity index is 1.46. The molecule has 34 heavy (non-hydrogen) atoms. The van der Waals surface area contributed by atoms with Crippen LogP contribution in [0.25, 0.3) is 0 Å². The van der Waals surface area contributed by atoms with Gasteiger partial charge < -0.3 is 0 Å². The summed E-state index contributed by atoms with van der Waals surface area (Å²) in [6.07, 6.45) is 0. The summed E-state index contributed by atoms with van der Waals surface area (Å²) < 4.78 is 13.4. The van der Waals surface area contributed by atoms with Crippen LogP contribution >= 0.6 is 0 Å². The largest absolute Gasteiger partial charge is 0.293 e. The van der Waals surface area contributed by atoms with Gasteiger partial charge in [-0.2, -0.15) is 0 Å². The van der Waals surface area contributed by atoms with E-state index in [-0.39, 0.29) is 11.7 Å². The standard InChI is InChI=1S/C29H24FN3O/c30-24-15-17-25(18-16-24)31-28-26-13-7-8-14-27(26)33(29(28)34)21-32(19-22-9-3-1-4-10-22)20-23-11-5-2-6-12-23/h1-18H,19-21H2. The maximum atomic E-state index is 13.6. The summed E-state index contributed by atoms with van der Waals surface area (Å²) in [7, 11) is 0. The number of anilines is 1. The van der Waals surface area contributed by atoms with Crippen LogP contribution in [0.5, 0.6) is 0 Å². The molecule has 4 aromatic rings. The van der Waals surface area contributed by atoms with Gasteiger partial charge in [-0.1, -0.05) is 78.9 Å². The van der Waals surface area contributed by atoms with Crippen LogP contribution in [-0.4, -0.2) is 23.2 Å². The van der Waals surface area contributed by atoms with Crippen LogP contribution in [0, 0.1) is 5.82 Å². The van der Waals surface area contributed by atoms with E-state index < -0.39 is 0 Å². The topological polar surface area (TPSA) is 35.9 Å². The van der Waals surface area contributed by atoms with Crippen LogP contribution < -0.4 is 4.90 Å². The first kappa shape index (κ1) is 21.7. The van der Waals surface area contributed by atoms with Gasteiger partial charge in [0.15, 0.2) is 0 Å². The number of nitrogens with zero attached hydrogens (tertiary/aromatic N) is 3. The van der Waals surface area contributed by atoms with Gasteiger partial charge in [-0.25, -0.2) is 9.38 Å². The van der Waals surface area contributed by atoms with E-state index in [0.29, 0.717) is 31.2 Å². The van der Waals surface area contributed by atoms with Gasteiger partial charge in [-0.15, -0.1) is 0 Å². The van der Waals surface area contributed by atoms with Crippen molar-refractivity contribution in [3.63, 3.8) is 0 Å². The van der Waals surface area contributed by atoms with Crippen molar-refractivity contribution in [3.8, 4) is 0 Å². The van der Waals surface area contributed by atoms with Gasteiger partial charge in [0.2, 0.25) is 0 Å². The van der Waals surface area contributed by atoms with E-state index in [9.17, 15) is 9.18 Å². The Bertz CT molecular complexity index is 1260. The Morgan fingerprint density at radius 1 is 0.706 bits per heavy atom. The van der Waals surface area contributed by atoms with Gasteiger partial charge in [0, 0.05) is 18.7 Å². The number of benzene rings is 4. The maximum absolute atomic E-state index is 13.6. The third-order valence-electron chi connectivity index (χ3n) is 5.80. The zero-order valence-corrected chi connectivity index (χ0v) is 18.6. The quantitative estimate of drug-likeness (QED) is 0.349. The van der Waals surface area contributed by atoms with Crippen molar-refractivity contribution >= 4 is 23.0 Å². The maximum Gasteiger partial charge on any atom is 0.278 e. The first-order chi connectivity index (χ1) is 16.7. The van der Waals surface area contributed by atoms with Crippen LogP contribution in [0.4, 0.5) is 15.8 Å². The molecule has 4 aromatic carbocycles. The minimum atomic E-state index is -0.332. The Morgan fingerprint density at radius 3 is 1.88 bits per heavy atom. The lowest BCUT2D eigenvalue weighted by Gasteiger charge is -2.28. The summed E-state index contributed by atoms with van der Waals surface area (Å²) in [4.78, 5) is 22.2. The Hall–Kier alpha value is -4.09. The summed E-state index contributed by atoms with van der Waals surface area (Å²) in [5.74, 6) is -0.488. The molecule has 168 valence electrons. The molecule has 5 rings (SSSR count). The molecule has 1 heterocycles. The van der Waals surface area contributed by atoms with Crippen molar-refractivity contribution in [2.24, 2.45) is 4.99 Å². The molecule has 0 radical (unpaired) electrons. The van der Waals surface area contributed by atoms with Gasteiger partial charge in [0.1, 0.15) is 11.5 Å². The summed E-state index contributed by atoms with van der Waals surface area (Å²) in [5.41, 5.74) is 4.90. The van der Waals surface area contributed by atoms with Crippen LogP contribution in [0.1, 0.15) is 16.7 Å². The van der Waals surface area contributed by atoms with Crippen molar-refractivity contribution in [1.29, 1.82) is 0 Å². The molecule has 1 aliphatic rings. The molecular weight excluding hydrogens is 425 g/mol. The van der Waals surface area contributed by atoms with Crippen molar-refractivity contribution in [1.82, 2.24) is 4.90 Å². The lowest BCUT2D eigenvalue weighted by atomic mass is 10.1. The number of hydrogen-bond acceptors (Lipinski definition) is 3. The van der Waals surface area contributed by atoms with E-state index in [1.54, 1.807) is 17.0 Å². The zero-order chi connectivity index (χ0) is 23.3. The lowest BCUT2D eigenvalue weighted by molar-refractivity contribution is -0.112. The summed E-state index contributed by atoms with van der Waals surface area (Å²) in [6.45, 7) is 1.82. The van der Waals surface area contributed by atoms with E-state index in [2.05, 4.69) is 34.2 Å². The van der Waals surface area contributed by atoms with Crippen LogP contribution in [-0.2, 0) is 17.9 Å². The Morgan fingerprint density at radius 2 is 1.26 bits per heavy atom. The Labute approximate surface area is 198 Å². The van der Waals surface area contributed by atoms with Gasteiger partial charge >= 0.3 is 0 Å². The summed E-state index contributed by atoms with van der Waals surface area (Å²) >= 11 is 0. The highest BCUT2D eigenvalue weighted by molar-refractivity contribution is 6.54. The molecular formula is C29H24FN3O. The number of fused-ring (bicyclic) bond motifs is 1. The second kappa shape index (κ2) is 9.81. The van der Waals surface area contributed by atoms with E-state index in [1.165, 1.54) is 23.3 Å². The number of para-hydroxylation sites is 1. The highest BCUT2D eigenvalue weighted by atomic mass is 19.1. The van der Waals surface area contributed by atoms with Gasteiger partial charge in [0.05, 0.1) is 18.0 Å². The number of carbonyl (C=O) groups excluding carboxylic acids is 1. The highest BCUT2D eigenvalue weighted by Gasteiger charge is 2.34. The van der Waals surface area contributed by atoms with Gasteiger partial charge in [-0.3, -0.25) is 14.6 Å². The second-order valence-electron chi connectivity index (χ2n) is 8.29. The molecule has 0 aliphatic carbocycles. The van der Waals surface area contributed by atoms with E-state index in [4.69, 9.17) is 0 Å². The van der Waals surface area contributed by atoms with Crippen molar-refractivity contribution < 1.29 is 9.18 Å². The number of halogens is 1. The third kappa shape index (κ3) is 4.80. The molecule has 0 saturated heterocycles. The third-order valence-corrected chi connectivity index (χ3v) is 5.80. The molecule has 0 aromatic heterocycles. The molecule has 4 nitrogen and oxygen atoms in total. The predicted molar refractivity (Wildman–Crippen MR) is 134 cm³/mol. The van der Waals surface area contributed by atoms with Crippen LogP contribution in [0.3, 0.4) is 0 Å². The van der Waals surface area contributed by atoms with E-state index in [0.717, 1.165) is 11.3 Å². The van der Waals surface area contributed by atoms with Crippen molar-refractivity contribution in [2.75, 3.05) is 11.6 Å². The molecule has 0 unspecified atom stereocenters. The predicted octanol–water partition coefficient (Wildman–Crippen LogP) is 5.95. The first-order valence-electron chi connectivity index (χ1n) is 11.2. The fourth-order valence-corrected chi connectivity index (χ4v) is 4.19. The summed E-state index contributed by atoms with van der Waals surface area (Å²) in [5, 5.41) is 0. The number of hydrogen-bond donors (Lipinski definition) is 0. The van der Waals surface area contributed by atoms with Crippen LogP contribution in [0.15, 0.2) is 114 Å². The minimum absolute atomic E-state index is 0.156. The molecule has 0 saturated carbocycles. The molecule has 1 aliphatic heterocycles. The molecule has 5 heteroatoms. The van der Waals surface area contributed by atoms with E-state index >= 15 is 0 Å². The molecule has 0 spiro atoms. The Kier molecular flexibility index (Phi) is 6.27. The number of aliphatic imine (C=N–C) groups is 1. The summed E-state index contributed by atoms with van der Waals surface area (Å²) in [6, 6.07) is 34.1. The van der Waals surface area contributed by atoms with Crippen molar-refractivity contribution in [2.45, 2.75) is 13.1 Å². The zero-order valence-electron chi connectivity index (χ0n) is 18.6. The van der Waals surface area contributed by atoms with E-state index in [1.807, 2.05) is 60.7 Å². The second-order valence-corrected chi connectivity index (χ2v) is 8.29. The fourth-order valence-electron chi connectivity index (χ4n) is 4.19.